The maximum absolute atomic E-state index is 14.2. The number of nitrogens with zero attached hydrogens (tertiary/aromatic N) is 4. The number of carbonyl (C=O) groups excluding carboxylic acids is 3. The molecule has 2 aliphatic heterocycles. The molecule has 0 bridgehead atoms. The molecular formula is C36H38FN5O4. The van der Waals surface area contributed by atoms with Crippen molar-refractivity contribution in [3.05, 3.63) is 114 Å². The molecule has 0 saturated carbocycles. The molecule has 238 valence electrons. The van der Waals surface area contributed by atoms with Gasteiger partial charge in [0.05, 0.1) is 20.2 Å². The number of ether oxygens (including phenoxy) is 1. The van der Waals surface area contributed by atoms with Crippen molar-refractivity contribution >= 4 is 28.6 Å². The fraction of sp³-hybridized carbons (Fsp3) is 0.306. The van der Waals surface area contributed by atoms with Gasteiger partial charge in [0.1, 0.15) is 23.8 Å². The van der Waals surface area contributed by atoms with E-state index in [9.17, 15) is 18.8 Å². The normalized spacial score (nSPS) is 18.3. The van der Waals surface area contributed by atoms with E-state index in [0.29, 0.717) is 13.1 Å². The zero-order valence-corrected chi connectivity index (χ0v) is 26.2. The number of carbonyl (C=O) groups is 3. The van der Waals surface area contributed by atoms with Crippen LogP contribution >= 0.6 is 0 Å². The van der Waals surface area contributed by atoms with Gasteiger partial charge >= 0.3 is 6.03 Å². The molecule has 2 aliphatic rings. The number of methoxy groups -OCH3 is 1. The Bertz CT molecular complexity index is 1720. The monoisotopic (exact) mass is 623 g/mol. The van der Waals surface area contributed by atoms with Crippen molar-refractivity contribution < 1.29 is 23.5 Å². The number of hydrazine groups is 1. The van der Waals surface area contributed by atoms with Crippen LogP contribution in [0.1, 0.15) is 30.5 Å². The minimum absolute atomic E-state index is 0.0475. The first-order valence-electron chi connectivity index (χ1n) is 15.5. The van der Waals surface area contributed by atoms with E-state index in [4.69, 9.17) is 4.74 Å². The fourth-order valence-electron chi connectivity index (χ4n) is 6.49. The predicted octanol–water partition coefficient (Wildman–Crippen LogP) is 4.95. The number of piperazine rings is 1. The van der Waals surface area contributed by atoms with Gasteiger partial charge < -0.3 is 19.9 Å². The Morgan fingerprint density at radius 1 is 0.957 bits per heavy atom. The van der Waals surface area contributed by atoms with E-state index < -0.39 is 12.2 Å². The molecule has 4 amide bonds. The van der Waals surface area contributed by atoms with Crippen LogP contribution in [0.3, 0.4) is 0 Å². The average molecular weight is 624 g/mol. The molecule has 2 atom stereocenters. The number of benzene rings is 4. The maximum Gasteiger partial charge on any atom is 0.332 e. The van der Waals surface area contributed by atoms with Gasteiger partial charge in [-0.15, -0.1) is 0 Å². The molecular weight excluding hydrogens is 585 g/mol. The molecule has 2 heterocycles. The van der Waals surface area contributed by atoms with E-state index in [0.717, 1.165) is 33.2 Å². The number of nitrogens with one attached hydrogen (secondary N) is 1. The molecule has 2 fully saturated rings. The van der Waals surface area contributed by atoms with E-state index in [2.05, 4.69) is 5.32 Å². The number of hydrogen-bond donors (Lipinski definition) is 1. The van der Waals surface area contributed by atoms with E-state index >= 15 is 0 Å². The SMILES string of the molecule is COc1ccc(CNC(=O)N(C(C)C)N2CC(=O)N3[C@@H](Cc4ccc(F)cc4)C(=O)N(Cc4cccc5ccccc45)C[C@@H]32)cc1. The molecule has 0 aliphatic carbocycles. The molecule has 9 nitrogen and oxygen atoms in total. The van der Waals surface area contributed by atoms with E-state index in [-0.39, 0.29) is 49.2 Å². The summed E-state index contributed by atoms with van der Waals surface area (Å²) in [5, 5.41) is 8.51. The van der Waals surface area contributed by atoms with Crippen LogP contribution in [-0.4, -0.2) is 76.1 Å². The minimum Gasteiger partial charge on any atom is -0.497 e. The zero-order chi connectivity index (χ0) is 32.4. The largest absolute Gasteiger partial charge is 0.497 e. The summed E-state index contributed by atoms with van der Waals surface area (Å²) < 4.78 is 19.0. The van der Waals surface area contributed by atoms with Crippen molar-refractivity contribution in [3.63, 3.8) is 0 Å². The van der Waals surface area contributed by atoms with Gasteiger partial charge in [0, 0.05) is 25.6 Å². The van der Waals surface area contributed by atoms with E-state index in [1.165, 1.54) is 12.1 Å². The molecule has 10 heteroatoms. The summed E-state index contributed by atoms with van der Waals surface area (Å²) in [7, 11) is 1.60. The van der Waals surface area contributed by atoms with Crippen molar-refractivity contribution in [2.75, 3.05) is 20.2 Å². The lowest BCUT2D eigenvalue weighted by molar-refractivity contribution is -0.158. The van der Waals surface area contributed by atoms with Crippen LogP contribution in [0.4, 0.5) is 9.18 Å². The highest BCUT2D eigenvalue weighted by Crippen LogP contribution is 2.32. The van der Waals surface area contributed by atoms with Crippen molar-refractivity contribution in [1.29, 1.82) is 0 Å². The lowest BCUT2D eigenvalue weighted by Crippen LogP contribution is -2.66. The highest BCUT2D eigenvalue weighted by Gasteiger charge is 2.52. The molecule has 0 aromatic heterocycles. The van der Waals surface area contributed by atoms with Gasteiger partial charge in [0.15, 0.2) is 0 Å². The minimum atomic E-state index is -0.812. The standard InChI is InChI=1S/C36H38FN5O4/c1-24(2)42(36(45)38-20-26-13-17-30(46-3)18-14-26)40-23-34(43)41-32(19-25-11-15-29(37)16-12-25)35(44)39(22-33(40)41)21-28-9-6-8-27-7-4-5-10-31(27)28/h4-18,24,32-33H,19-23H2,1-3H3,(H,38,45)/t32-,33+/m0/s1. The second-order valence-corrected chi connectivity index (χ2v) is 12.0. The second kappa shape index (κ2) is 13.2. The van der Waals surface area contributed by atoms with Gasteiger partial charge in [0.25, 0.3) is 0 Å². The Morgan fingerprint density at radius 3 is 2.37 bits per heavy atom. The van der Waals surface area contributed by atoms with Crippen LogP contribution < -0.4 is 10.1 Å². The van der Waals surface area contributed by atoms with Crippen molar-refractivity contribution in [2.45, 2.75) is 51.6 Å². The summed E-state index contributed by atoms with van der Waals surface area (Å²) in [5.41, 5.74) is 2.64. The summed E-state index contributed by atoms with van der Waals surface area (Å²) in [6, 6.07) is 26.1. The summed E-state index contributed by atoms with van der Waals surface area (Å²) in [6.07, 6.45) is -0.341. The molecule has 2 saturated heterocycles. The van der Waals surface area contributed by atoms with Gasteiger partial charge in [0.2, 0.25) is 11.8 Å². The average Bonchev–Trinajstić information content (AvgIpc) is 3.37. The Morgan fingerprint density at radius 2 is 1.65 bits per heavy atom. The Labute approximate surface area is 268 Å². The summed E-state index contributed by atoms with van der Waals surface area (Å²) >= 11 is 0. The van der Waals surface area contributed by atoms with Gasteiger partial charge in [-0.3, -0.25) is 14.6 Å². The Hall–Kier alpha value is -4.96. The Kier molecular flexibility index (Phi) is 8.90. The quantitative estimate of drug-likeness (QED) is 0.286. The summed E-state index contributed by atoms with van der Waals surface area (Å²) in [4.78, 5) is 45.1. The number of halogens is 1. The van der Waals surface area contributed by atoms with Gasteiger partial charge in [-0.25, -0.2) is 9.18 Å². The van der Waals surface area contributed by atoms with Crippen LogP contribution in [0.5, 0.6) is 5.75 Å². The number of urea groups is 1. The van der Waals surface area contributed by atoms with Crippen LogP contribution in [0.25, 0.3) is 10.8 Å². The molecule has 0 unspecified atom stereocenters. The van der Waals surface area contributed by atoms with Crippen molar-refractivity contribution in [3.8, 4) is 5.75 Å². The van der Waals surface area contributed by atoms with E-state index in [1.54, 1.807) is 39.1 Å². The number of fused-ring (bicyclic) bond motifs is 2. The molecule has 46 heavy (non-hydrogen) atoms. The van der Waals surface area contributed by atoms with Crippen molar-refractivity contribution in [2.24, 2.45) is 0 Å². The van der Waals surface area contributed by atoms with Crippen molar-refractivity contribution in [1.82, 2.24) is 25.1 Å². The highest BCUT2D eigenvalue weighted by molar-refractivity contribution is 5.92. The second-order valence-electron chi connectivity index (χ2n) is 12.0. The first-order chi connectivity index (χ1) is 22.2. The third-order valence-electron chi connectivity index (χ3n) is 8.73. The highest BCUT2D eigenvalue weighted by atomic mass is 19.1. The lowest BCUT2D eigenvalue weighted by Gasteiger charge is -2.47. The van der Waals surface area contributed by atoms with Gasteiger partial charge in [-0.2, -0.15) is 5.01 Å². The van der Waals surface area contributed by atoms with E-state index in [1.807, 2.05) is 80.6 Å². The molecule has 0 spiro atoms. The lowest BCUT2D eigenvalue weighted by atomic mass is 9.99. The molecule has 1 N–H and O–H groups in total. The number of hydrogen-bond acceptors (Lipinski definition) is 5. The first kappa shape index (κ1) is 31.0. The number of rotatable bonds is 9. The molecule has 4 aromatic carbocycles. The zero-order valence-electron chi connectivity index (χ0n) is 26.2. The predicted molar refractivity (Wildman–Crippen MR) is 173 cm³/mol. The molecule has 0 radical (unpaired) electrons. The van der Waals surface area contributed by atoms with Crippen LogP contribution in [0, 0.1) is 5.82 Å². The maximum atomic E-state index is 14.2. The molecule has 4 aromatic rings. The van der Waals surface area contributed by atoms with Crippen LogP contribution in [0.15, 0.2) is 91.0 Å². The third kappa shape index (κ3) is 6.25. The molecule has 6 rings (SSSR count). The van der Waals surface area contributed by atoms with Gasteiger partial charge in [-0.05, 0) is 65.6 Å². The summed E-state index contributed by atoms with van der Waals surface area (Å²) in [5.74, 6) is -0.0527. The summed E-state index contributed by atoms with van der Waals surface area (Å²) in [6.45, 7) is 4.62. The third-order valence-corrected chi connectivity index (χ3v) is 8.73. The smallest absolute Gasteiger partial charge is 0.332 e. The topological polar surface area (TPSA) is 85.4 Å². The van der Waals surface area contributed by atoms with Gasteiger partial charge in [-0.1, -0.05) is 66.7 Å². The Balaban J connectivity index is 1.30. The fourth-order valence-corrected chi connectivity index (χ4v) is 6.49. The number of amides is 4. The van der Waals surface area contributed by atoms with Crippen LogP contribution in [0.2, 0.25) is 0 Å². The first-order valence-corrected chi connectivity index (χ1v) is 15.5. The van der Waals surface area contributed by atoms with Crippen LogP contribution in [-0.2, 0) is 29.1 Å².